The van der Waals surface area contributed by atoms with E-state index in [1.54, 1.807) is 18.2 Å². The van der Waals surface area contributed by atoms with E-state index in [-0.39, 0.29) is 5.56 Å². The fraction of sp³-hybridized carbons (Fsp3) is 0.211. The fourth-order valence-corrected chi connectivity index (χ4v) is 3.33. The predicted molar refractivity (Wildman–Crippen MR) is 102 cm³/mol. The van der Waals surface area contributed by atoms with Crippen LogP contribution in [-0.4, -0.2) is 10.7 Å². The van der Waals surface area contributed by atoms with Gasteiger partial charge in [0.05, 0.1) is 22.3 Å². The number of alkyl halides is 1. The molecule has 1 atom stereocenters. The van der Waals surface area contributed by atoms with Gasteiger partial charge in [0, 0.05) is 21.6 Å². The van der Waals surface area contributed by atoms with Gasteiger partial charge in [-0.25, -0.2) is 8.78 Å². The summed E-state index contributed by atoms with van der Waals surface area (Å²) in [4.78, 5) is 4.28. The molecule has 0 aliphatic rings. The van der Waals surface area contributed by atoms with Crippen LogP contribution in [0.15, 0.2) is 53.1 Å². The number of hydrogen-bond donors (Lipinski definition) is 1. The quantitative estimate of drug-likeness (QED) is 0.503. The average molecular weight is 426 g/mol. The van der Waals surface area contributed by atoms with Crippen LogP contribution in [0.4, 0.5) is 14.5 Å². The van der Waals surface area contributed by atoms with Gasteiger partial charge in [-0.05, 0) is 38.1 Å². The molecule has 3 aromatic rings. The summed E-state index contributed by atoms with van der Waals surface area (Å²) in [6, 6.07) is 10.8. The zero-order valence-corrected chi connectivity index (χ0v) is 16.0. The molecule has 2 nitrogen and oxygen atoms in total. The minimum absolute atomic E-state index is 0.242. The number of fused-ring (bicyclic) bond motifs is 1. The second-order valence-electron chi connectivity index (χ2n) is 6.31. The minimum Gasteiger partial charge on any atom is -0.373 e. The molecule has 1 unspecified atom stereocenters. The molecule has 0 bridgehead atoms. The highest BCUT2D eigenvalue weighted by molar-refractivity contribution is 9.10. The van der Waals surface area contributed by atoms with E-state index in [0.29, 0.717) is 16.2 Å². The first kappa shape index (κ1) is 18.1. The molecule has 0 amide bonds. The molecular weight excluding hydrogens is 410 g/mol. The largest absolute Gasteiger partial charge is 0.373 e. The minimum atomic E-state index is -1.73. The molecule has 130 valence electrons. The highest BCUT2D eigenvalue weighted by Crippen LogP contribution is 2.39. The van der Waals surface area contributed by atoms with Crippen molar-refractivity contribution >= 4 is 44.1 Å². The zero-order chi connectivity index (χ0) is 18.2. The summed E-state index contributed by atoms with van der Waals surface area (Å²) in [6.07, 6.45) is 1.50. The number of aromatic nitrogens is 1. The van der Waals surface area contributed by atoms with Crippen LogP contribution in [0.3, 0.4) is 0 Å². The first-order valence-electron chi connectivity index (χ1n) is 7.71. The van der Waals surface area contributed by atoms with Crippen LogP contribution < -0.4 is 5.32 Å². The number of halogens is 4. The molecule has 2 aromatic carbocycles. The molecule has 0 spiro atoms. The Morgan fingerprint density at radius 3 is 2.60 bits per heavy atom. The molecule has 1 aromatic heterocycles. The first-order valence-corrected chi connectivity index (χ1v) is 8.88. The third kappa shape index (κ3) is 3.77. The molecule has 0 aliphatic carbocycles. The van der Waals surface area contributed by atoms with Crippen molar-refractivity contribution in [2.45, 2.75) is 25.6 Å². The van der Waals surface area contributed by atoms with Gasteiger partial charge in [-0.15, -0.1) is 0 Å². The lowest BCUT2D eigenvalue weighted by Crippen LogP contribution is -2.31. The molecule has 0 fully saturated rings. The Bertz CT molecular complexity index is 920. The zero-order valence-electron chi connectivity index (χ0n) is 13.7. The predicted octanol–water partition coefficient (Wildman–Crippen LogP) is 6.69. The van der Waals surface area contributed by atoms with Gasteiger partial charge < -0.3 is 5.32 Å². The van der Waals surface area contributed by atoms with Gasteiger partial charge in [0.15, 0.2) is 0 Å². The summed E-state index contributed by atoms with van der Waals surface area (Å²) in [5.74, 6) is -0.471. The van der Waals surface area contributed by atoms with Crippen LogP contribution in [0.1, 0.15) is 25.5 Å². The topological polar surface area (TPSA) is 24.9 Å². The van der Waals surface area contributed by atoms with Gasteiger partial charge in [-0.3, -0.25) is 4.98 Å². The van der Waals surface area contributed by atoms with Crippen LogP contribution >= 0.6 is 27.5 Å². The van der Waals surface area contributed by atoms with Gasteiger partial charge in [0.1, 0.15) is 11.5 Å². The van der Waals surface area contributed by atoms with Crippen molar-refractivity contribution in [3.8, 4) is 0 Å². The van der Waals surface area contributed by atoms with E-state index in [4.69, 9.17) is 11.6 Å². The summed E-state index contributed by atoms with van der Waals surface area (Å²) in [5, 5.41) is 4.18. The summed E-state index contributed by atoms with van der Waals surface area (Å²) >= 11 is 9.74. The van der Waals surface area contributed by atoms with Gasteiger partial charge in [-0.2, -0.15) is 0 Å². The third-order valence-electron chi connectivity index (χ3n) is 3.98. The molecule has 0 saturated carbocycles. The van der Waals surface area contributed by atoms with E-state index >= 15 is 0 Å². The van der Waals surface area contributed by atoms with Crippen molar-refractivity contribution in [3.05, 3.63) is 69.5 Å². The number of pyridine rings is 1. The SMILES string of the molecule is CC(C)(F)C(Nc1c(Cl)cnc2ccc(Br)cc12)c1ccccc1F. The van der Waals surface area contributed by atoms with Crippen LogP contribution in [0.2, 0.25) is 5.02 Å². The molecule has 1 N–H and O–H groups in total. The van der Waals surface area contributed by atoms with E-state index in [1.165, 1.54) is 26.1 Å². The molecular formula is C19H16BrClF2N2. The average Bonchev–Trinajstić information content (AvgIpc) is 2.54. The first-order chi connectivity index (χ1) is 11.8. The van der Waals surface area contributed by atoms with Gasteiger partial charge in [-0.1, -0.05) is 45.7 Å². The summed E-state index contributed by atoms with van der Waals surface area (Å²) in [6.45, 7) is 2.81. The molecule has 1 heterocycles. The van der Waals surface area contributed by atoms with Gasteiger partial charge in [0.2, 0.25) is 0 Å². The van der Waals surface area contributed by atoms with Crippen LogP contribution in [0.5, 0.6) is 0 Å². The Labute approximate surface area is 158 Å². The van der Waals surface area contributed by atoms with Crippen LogP contribution in [0.25, 0.3) is 10.9 Å². The third-order valence-corrected chi connectivity index (χ3v) is 4.75. The highest BCUT2D eigenvalue weighted by Gasteiger charge is 2.33. The van der Waals surface area contributed by atoms with E-state index in [1.807, 2.05) is 18.2 Å². The normalized spacial score (nSPS) is 13.0. The Kier molecular flexibility index (Phi) is 4.98. The molecule has 0 radical (unpaired) electrons. The van der Waals surface area contributed by atoms with Crippen LogP contribution in [-0.2, 0) is 0 Å². The summed E-state index contributed by atoms with van der Waals surface area (Å²) in [5.41, 5.74) is -0.260. The lowest BCUT2D eigenvalue weighted by Gasteiger charge is -2.30. The Morgan fingerprint density at radius 1 is 1.20 bits per heavy atom. The molecule has 0 saturated heterocycles. The number of nitrogens with one attached hydrogen (secondary N) is 1. The number of nitrogens with zero attached hydrogens (tertiary/aromatic N) is 1. The Balaban J connectivity index is 2.16. The maximum Gasteiger partial charge on any atom is 0.129 e. The van der Waals surface area contributed by atoms with Crippen LogP contribution in [0, 0.1) is 5.82 Å². The van der Waals surface area contributed by atoms with Crippen molar-refractivity contribution in [3.63, 3.8) is 0 Å². The maximum atomic E-state index is 14.9. The van der Waals surface area contributed by atoms with Crippen molar-refractivity contribution in [1.29, 1.82) is 0 Å². The summed E-state index contributed by atoms with van der Waals surface area (Å²) in [7, 11) is 0. The van der Waals surface area contributed by atoms with E-state index in [9.17, 15) is 8.78 Å². The lowest BCUT2D eigenvalue weighted by atomic mass is 9.92. The number of benzene rings is 2. The van der Waals surface area contributed by atoms with E-state index in [2.05, 4.69) is 26.2 Å². The van der Waals surface area contributed by atoms with Crippen molar-refractivity contribution in [2.24, 2.45) is 0 Å². The maximum absolute atomic E-state index is 14.9. The number of hydrogen-bond acceptors (Lipinski definition) is 2. The van der Waals surface area contributed by atoms with Gasteiger partial charge >= 0.3 is 0 Å². The number of anilines is 1. The summed E-state index contributed by atoms with van der Waals surface area (Å²) < 4.78 is 30.1. The molecule has 3 rings (SSSR count). The van der Waals surface area contributed by atoms with Crippen molar-refractivity contribution < 1.29 is 8.78 Å². The second kappa shape index (κ2) is 6.89. The lowest BCUT2D eigenvalue weighted by molar-refractivity contribution is 0.182. The molecule has 6 heteroatoms. The standard InChI is InChI=1S/C19H16BrClF2N2/c1-19(2,23)18(12-5-3-4-6-15(12)22)25-17-13-9-11(20)7-8-16(13)24-10-14(17)21/h3-10,18H,1-2H3,(H,24,25). The van der Waals surface area contributed by atoms with Crippen molar-refractivity contribution in [1.82, 2.24) is 4.98 Å². The molecule has 25 heavy (non-hydrogen) atoms. The number of rotatable bonds is 4. The Hall–Kier alpha value is -1.72. The monoisotopic (exact) mass is 424 g/mol. The molecule has 0 aliphatic heterocycles. The van der Waals surface area contributed by atoms with E-state index in [0.717, 1.165) is 9.86 Å². The smallest absolute Gasteiger partial charge is 0.129 e. The van der Waals surface area contributed by atoms with E-state index < -0.39 is 17.5 Å². The second-order valence-corrected chi connectivity index (χ2v) is 7.63. The Morgan fingerprint density at radius 2 is 1.92 bits per heavy atom. The fourth-order valence-electron chi connectivity index (χ4n) is 2.76. The van der Waals surface area contributed by atoms with Crippen molar-refractivity contribution in [2.75, 3.05) is 5.32 Å². The van der Waals surface area contributed by atoms with Gasteiger partial charge in [0.25, 0.3) is 0 Å². The highest BCUT2D eigenvalue weighted by atomic mass is 79.9.